The Morgan fingerprint density at radius 1 is 1.22 bits per heavy atom. The van der Waals surface area contributed by atoms with Crippen molar-refractivity contribution < 1.29 is 13.9 Å². The smallest absolute Gasteiger partial charge is 0.408 e. The number of halogens is 1. The number of alkyl carbamates (subject to hydrolysis) is 1. The minimum Gasteiger partial charge on any atom is -0.444 e. The second-order valence-electron chi connectivity index (χ2n) is 7.54. The quantitative estimate of drug-likeness (QED) is 0.718. The summed E-state index contributed by atoms with van der Waals surface area (Å²) in [6, 6.07) is 14.0. The zero-order chi connectivity index (χ0) is 19.6. The first-order valence-electron chi connectivity index (χ1n) is 8.92. The van der Waals surface area contributed by atoms with Gasteiger partial charge in [-0.15, -0.1) is 0 Å². The molecular weight excluding hydrogens is 345 g/mol. The molecule has 0 aliphatic rings. The van der Waals surface area contributed by atoms with Gasteiger partial charge >= 0.3 is 6.09 Å². The molecule has 1 atom stereocenters. The van der Waals surface area contributed by atoms with E-state index in [-0.39, 0.29) is 5.82 Å². The number of fused-ring (bicyclic) bond motifs is 1. The van der Waals surface area contributed by atoms with Crippen molar-refractivity contribution in [3.8, 4) is 0 Å². The summed E-state index contributed by atoms with van der Waals surface area (Å²) in [5, 5.41) is 2.82. The van der Waals surface area contributed by atoms with Gasteiger partial charge in [-0.2, -0.15) is 0 Å². The fourth-order valence-electron chi connectivity index (χ4n) is 2.93. The van der Waals surface area contributed by atoms with Crippen LogP contribution in [0.1, 0.15) is 45.1 Å². The molecule has 0 aliphatic heterocycles. The van der Waals surface area contributed by atoms with E-state index in [0.717, 1.165) is 5.56 Å². The highest BCUT2D eigenvalue weighted by Gasteiger charge is 2.22. The number of carbonyl (C=O) groups is 1. The van der Waals surface area contributed by atoms with Gasteiger partial charge in [0, 0.05) is 6.54 Å². The van der Waals surface area contributed by atoms with Crippen molar-refractivity contribution >= 4 is 17.1 Å². The molecule has 6 heteroatoms. The van der Waals surface area contributed by atoms with Gasteiger partial charge in [0.15, 0.2) is 0 Å². The van der Waals surface area contributed by atoms with Gasteiger partial charge < -0.3 is 14.6 Å². The zero-order valence-electron chi connectivity index (χ0n) is 16.0. The van der Waals surface area contributed by atoms with Crippen LogP contribution in [0.5, 0.6) is 0 Å². The van der Waals surface area contributed by atoms with E-state index in [0.29, 0.717) is 23.4 Å². The zero-order valence-corrected chi connectivity index (χ0v) is 16.0. The number of rotatable bonds is 4. The van der Waals surface area contributed by atoms with Crippen LogP contribution in [0.15, 0.2) is 48.5 Å². The number of carbonyl (C=O) groups excluding carboxylic acids is 1. The third-order valence-electron chi connectivity index (χ3n) is 4.04. The second kappa shape index (κ2) is 7.39. The highest BCUT2D eigenvalue weighted by Crippen LogP contribution is 2.23. The van der Waals surface area contributed by atoms with Crippen molar-refractivity contribution in [1.29, 1.82) is 0 Å². The van der Waals surface area contributed by atoms with E-state index >= 15 is 0 Å². The van der Waals surface area contributed by atoms with E-state index in [1.807, 2.05) is 62.6 Å². The monoisotopic (exact) mass is 369 g/mol. The molecule has 0 fully saturated rings. The Kier molecular flexibility index (Phi) is 5.17. The van der Waals surface area contributed by atoms with Gasteiger partial charge in [-0.3, -0.25) is 0 Å². The number of ether oxygens (including phenoxy) is 1. The lowest BCUT2D eigenvalue weighted by Crippen LogP contribution is -2.35. The van der Waals surface area contributed by atoms with Gasteiger partial charge in [0.2, 0.25) is 0 Å². The molecular formula is C21H24FN3O2. The minimum absolute atomic E-state index is 0.323. The Labute approximate surface area is 158 Å². The maximum absolute atomic E-state index is 13.8. The molecule has 0 saturated heterocycles. The Morgan fingerprint density at radius 2 is 1.93 bits per heavy atom. The topological polar surface area (TPSA) is 56.1 Å². The van der Waals surface area contributed by atoms with Crippen LogP contribution in [0.2, 0.25) is 0 Å². The maximum atomic E-state index is 13.8. The molecule has 3 rings (SSSR count). The van der Waals surface area contributed by atoms with Crippen molar-refractivity contribution in [1.82, 2.24) is 14.9 Å². The van der Waals surface area contributed by atoms with Crippen molar-refractivity contribution in [2.75, 3.05) is 0 Å². The van der Waals surface area contributed by atoms with Crippen molar-refractivity contribution in [2.24, 2.45) is 0 Å². The number of nitrogens with one attached hydrogen (secondary N) is 1. The predicted octanol–water partition coefficient (Wildman–Crippen LogP) is 4.81. The van der Waals surface area contributed by atoms with E-state index in [9.17, 15) is 9.18 Å². The molecule has 0 aliphatic carbocycles. The standard InChI is InChI=1S/C21H24FN3O2/c1-14(23-20(26)27-21(2,3)4)19-24-17-11-10-16(22)12-18(17)25(19)13-15-8-6-5-7-9-15/h5-12,14H,13H2,1-4H3,(H,23,26)/t14-/m0/s1. The van der Waals surface area contributed by atoms with E-state index < -0.39 is 17.7 Å². The molecule has 0 radical (unpaired) electrons. The molecule has 0 bridgehead atoms. The molecule has 1 heterocycles. The fourth-order valence-corrected chi connectivity index (χ4v) is 2.93. The first-order valence-corrected chi connectivity index (χ1v) is 8.92. The number of amides is 1. The summed E-state index contributed by atoms with van der Waals surface area (Å²) in [4.78, 5) is 16.8. The van der Waals surface area contributed by atoms with Gasteiger partial charge in [-0.1, -0.05) is 30.3 Å². The lowest BCUT2D eigenvalue weighted by atomic mass is 10.2. The lowest BCUT2D eigenvalue weighted by molar-refractivity contribution is 0.0505. The maximum Gasteiger partial charge on any atom is 0.408 e. The molecule has 1 aromatic heterocycles. The molecule has 0 unspecified atom stereocenters. The first-order chi connectivity index (χ1) is 12.7. The Hall–Kier alpha value is -2.89. The molecule has 27 heavy (non-hydrogen) atoms. The molecule has 1 amide bonds. The van der Waals surface area contributed by atoms with E-state index in [1.165, 1.54) is 12.1 Å². The molecule has 5 nitrogen and oxygen atoms in total. The van der Waals surface area contributed by atoms with Gasteiger partial charge in [0.1, 0.15) is 17.2 Å². The molecule has 142 valence electrons. The Morgan fingerprint density at radius 3 is 2.59 bits per heavy atom. The third-order valence-corrected chi connectivity index (χ3v) is 4.04. The van der Waals surface area contributed by atoms with Crippen LogP contribution >= 0.6 is 0 Å². The van der Waals surface area contributed by atoms with E-state index in [4.69, 9.17) is 4.74 Å². The van der Waals surface area contributed by atoms with Crippen LogP contribution in [0.4, 0.5) is 9.18 Å². The first kappa shape index (κ1) is 18.9. The molecule has 0 spiro atoms. The largest absolute Gasteiger partial charge is 0.444 e. The summed E-state index contributed by atoms with van der Waals surface area (Å²) in [6.45, 7) is 7.79. The normalized spacial score (nSPS) is 12.8. The number of hydrogen-bond acceptors (Lipinski definition) is 3. The van der Waals surface area contributed by atoms with Crippen LogP contribution in [-0.2, 0) is 11.3 Å². The number of aromatic nitrogens is 2. The Balaban J connectivity index is 1.96. The SMILES string of the molecule is C[C@H](NC(=O)OC(C)(C)C)c1nc2ccc(F)cc2n1Cc1ccccc1. The van der Waals surface area contributed by atoms with Crippen LogP contribution < -0.4 is 5.32 Å². The van der Waals surface area contributed by atoms with Crippen molar-refractivity contribution in [3.05, 3.63) is 65.7 Å². The van der Waals surface area contributed by atoms with Crippen LogP contribution in [0.25, 0.3) is 11.0 Å². The Bertz CT molecular complexity index is 945. The number of imidazole rings is 1. The molecule has 2 aromatic carbocycles. The van der Waals surface area contributed by atoms with E-state index in [1.54, 1.807) is 6.07 Å². The van der Waals surface area contributed by atoms with Gasteiger partial charge in [0.25, 0.3) is 0 Å². The van der Waals surface area contributed by atoms with Crippen LogP contribution in [0.3, 0.4) is 0 Å². The summed E-state index contributed by atoms with van der Waals surface area (Å²) >= 11 is 0. The second-order valence-corrected chi connectivity index (χ2v) is 7.54. The average Bonchev–Trinajstić information content (AvgIpc) is 2.92. The van der Waals surface area contributed by atoms with Gasteiger partial charge in [-0.05, 0) is 51.5 Å². The minimum atomic E-state index is -0.586. The number of benzene rings is 2. The summed E-state index contributed by atoms with van der Waals surface area (Å²) in [5.41, 5.74) is 1.84. The van der Waals surface area contributed by atoms with Crippen molar-refractivity contribution in [3.63, 3.8) is 0 Å². The average molecular weight is 369 g/mol. The third kappa shape index (κ3) is 4.64. The molecule has 1 N–H and O–H groups in total. The van der Waals surface area contributed by atoms with Crippen LogP contribution in [-0.4, -0.2) is 21.2 Å². The highest BCUT2D eigenvalue weighted by atomic mass is 19.1. The summed E-state index contributed by atoms with van der Waals surface area (Å²) in [6.07, 6.45) is -0.514. The van der Waals surface area contributed by atoms with E-state index in [2.05, 4.69) is 10.3 Å². The van der Waals surface area contributed by atoms with Gasteiger partial charge in [0.05, 0.1) is 17.1 Å². The summed E-state index contributed by atoms with van der Waals surface area (Å²) in [5.74, 6) is 0.321. The summed E-state index contributed by atoms with van der Waals surface area (Å²) < 4.78 is 21.1. The van der Waals surface area contributed by atoms with Crippen molar-refractivity contribution in [2.45, 2.75) is 45.9 Å². The highest BCUT2D eigenvalue weighted by molar-refractivity contribution is 5.76. The fraction of sp³-hybridized carbons (Fsp3) is 0.333. The number of nitrogens with zero attached hydrogens (tertiary/aromatic N) is 2. The predicted molar refractivity (Wildman–Crippen MR) is 103 cm³/mol. The molecule has 3 aromatic rings. The molecule has 0 saturated carbocycles. The van der Waals surface area contributed by atoms with Crippen LogP contribution in [0, 0.1) is 5.82 Å². The number of hydrogen-bond donors (Lipinski definition) is 1. The van der Waals surface area contributed by atoms with Gasteiger partial charge in [-0.25, -0.2) is 14.2 Å². The lowest BCUT2D eigenvalue weighted by Gasteiger charge is -2.22. The summed E-state index contributed by atoms with van der Waals surface area (Å²) in [7, 11) is 0.